The van der Waals surface area contributed by atoms with Crippen molar-refractivity contribution in [2.45, 2.75) is 39.2 Å². The Kier molecular flexibility index (Phi) is 7.84. The van der Waals surface area contributed by atoms with Crippen LogP contribution in [0.5, 0.6) is 5.75 Å². The van der Waals surface area contributed by atoms with Crippen molar-refractivity contribution in [3.63, 3.8) is 0 Å². The van der Waals surface area contributed by atoms with Gasteiger partial charge in [-0.3, -0.25) is 4.79 Å². The predicted molar refractivity (Wildman–Crippen MR) is 132 cm³/mol. The monoisotopic (exact) mass is 563 g/mol. The fourth-order valence-electron chi connectivity index (χ4n) is 3.00. The van der Waals surface area contributed by atoms with E-state index in [-0.39, 0.29) is 11.5 Å². The van der Waals surface area contributed by atoms with Crippen molar-refractivity contribution >= 4 is 54.9 Å². The smallest absolute Gasteiger partial charge is 0.346 e. The molecular weight excluding hydrogens is 542 g/mol. The second-order valence-electron chi connectivity index (χ2n) is 7.28. The molecule has 0 saturated heterocycles. The van der Waals surface area contributed by atoms with Crippen molar-refractivity contribution in [3.8, 4) is 5.75 Å². The van der Waals surface area contributed by atoms with Crippen LogP contribution in [0, 0.1) is 0 Å². The predicted octanol–water partition coefficient (Wildman–Crippen LogP) is 5.26. The summed E-state index contributed by atoms with van der Waals surface area (Å²) >= 11 is 6.86. The van der Waals surface area contributed by atoms with E-state index < -0.39 is 12.1 Å². The molecule has 0 spiro atoms. The van der Waals surface area contributed by atoms with Gasteiger partial charge in [0.1, 0.15) is 11.6 Å². The van der Waals surface area contributed by atoms with Gasteiger partial charge in [-0.15, -0.1) is 0 Å². The fourth-order valence-corrected chi connectivity index (χ4v) is 3.85. The lowest BCUT2D eigenvalue weighted by molar-refractivity contribution is -0.147. The van der Waals surface area contributed by atoms with E-state index in [4.69, 9.17) is 9.72 Å². The zero-order valence-electron chi connectivity index (χ0n) is 18.1. The normalized spacial score (nSPS) is 13.3. The Morgan fingerprint density at radius 1 is 1.22 bits per heavy atom. The third-order valence-corrected chi connectivity index (χ3v) is 6.11. The van der Waals surface area contributed by atoms with Crippen LogP contribution in [0.1, 0.15) is 44.5 Å². The maximum atomic E-state index is 13.2. The number of ether oxygens (including phenoxy) is 2. The molecule has 2 atom stereocenters. The van der Waals surface area contributed by atoms with Gasteiger partial charge in [0.2, 0.25) is 0 Å². The quantitative estimate of drug-likeness (QED) is 0.289. The molecule has 0 N–H and O–H groups in total. The summed E-state index contributed by atoms with van der Waals surface area (Å²) in [7, 11) is 1.31. The SMILES string of the molecule is CC[C@H](C)c1nc2ccc(Br)cc2c(=O)n1N=Cc1ccc(O[C@H](C)C(=O)OC)c(Br)c1. The molecule has 0 unspecified atom stereocenters. The Bertz CT molecular complexity index is 1240. The number of fused-ring (bicyclic) bond motifs is 1. The lowest BCUT2D eigenvalue weighted by atomic mass is 10.1. The Morgan fingerprint density at radius 3 is 2.62 bits per heavy atom. The molecule has 0 aliphatic carbocycles. The second kappa shape index (κ2) is 10.4. The number of benzene rings is 2. The van der Waals surface area contributed by atoms with Crippen LogP contribution >= 0.6 is 31.9 Å². The van der Waals surface area contributed by atoms with Crippen LogP contribution < -0.4 is 10.3 Å². The van der Waals surface area contributed by atoms with Crippen molar-refractivity contribution < 1.29 is 14.3 Å². The average molecular weight is 565 g/mol. The highest BCUT2D eigenvalue weighted by atomic mass is 79.9. The summed E-state index contributed by atoms with van der Waals surface area (Å²) in [5.41, 5.74) is 1.16. The van der Waals surface area contributed by atoms with Gasteiger partial charge in [0.05, 0.1) is 28.7 Å². The molecule has 0 bridgehead atoms. The first-order valence-electron chi connectivity index (χ1n) is 10.1. The molecule has 7 nitrogen and oxygen atoms in total. The van der Waals surface area contributed by atoms with Crippen LogP contribution in [0.25, 0.3) is 10.9 Å². The summed E-state index contributed by atoms with van der Waals surface area (Å²) in [5, 5.41) is 4.95. The van der Waals surface area contributed by atoms with E-state index in [9.17, 15) is 9.59 Å². The molecule has 1 heterocycles. The van der Waals surface area contributed by atoms with E-state index in [1.807, 2.05) is 26.0 Å². The molecule has 168 valence electrons. The summed E-state index contributed by atoms with van der Waals surface area (Å²) in [5.74, 6) is 0.689. The topological polar surface area (TPSA) is 82.8 Å². The van der Waals surface area contributed by atoms with Crippen LogP contribution in [-0.4, -0.2) is 35.1 Å². The third-order valence-electron chi connectivity index (χ3n) is 5.00. The van der Waals surface area contributed by atoms with Crippen LogP contribution in [-0.2, 0) is 9.53 Å². The number of nitrogens with zero attached hydrogens (tertiary/aromatic N) is 3. The number of hydrogen-bond acceptors (Lipinski definition) is 6. The van der Waals surface area contributed by atoms with E-state index in [1.165, 1.54) is 11.8 Å². The maximum Gasteiger partial charge on any atom is 0.346 e. The van der Waals surface area contributed by atoms with E-state index in [1.54, 1.807) is 37.4 Å². The molecule has 3 rings (SSSR count). The highest BCUT2D eigenvalue weighted by Gasteiger charge is 2.17. The largest absolute Gasteiger partial charge is 0.478 e. The van der Waals surface area contributed by atoms with E-state index in [0.29, 0.717) is 26.9 Å². The second-order valence-corrected chi connectivity index (χ2v) is 9.05. The first-order valence-corrected chi connectivity index (χ1v) is 11.6. The van der Waals surface area contributed by atoms with Crippen LogP contribution in [0.3, 0.4) is 0 Å². The lowest BCUT2D eigenvalue weighted by Gasteiger charge is -2.14. The Balaban J connectivity index is 1.99. The molecule has 9 heteroatoms. The number of rotatable bonds is 7. The Labute approximate surface area is 202 Å². The standard InChI is InChI=1S/C23H23Br2N3O4/c1-5-13(2)21-27-19-8-7-16(24)11-17(19)22(29)28(21)26-12-15-6-9-20(18(25)10-15)32-14(3)23(30)31-4/h6-14H,5H2,1-4H3/t13-,14+/m0/s1. The van der Waals surface area contributed by atoms with Gasteiger partial charge in [-0.25, -0.2) is 9.78 Å². The van der Waals surface area contributed by atoms with Crippen molar-refractivity contribution in [3.05, 3.63) is 67.1 Å². The van der Waals surface area contributed by atoms with Crippen molar-refractivity contribution in [2.24, 2.45) is 5.10 Å². The minimum atomic E-state index is -0.740. The van der Waals surface area contributed by atoms with Gasteiger partial charge < -0.3 is 9.47 Å². The molecule has 0 radical (unpaired) electrons. The van der Waals surface area contributed by atoms with Crippen molar-refractivity contribution in [2.75, 3.05) is 7.11 Å². The van der Waals surface area contributed by atoms with Gasteiger partial charge in [0.15, 0.2) is 6.10 Å². The summed E-state index contributed by atoms with van der Waals surface area (Å²) < 4.78 is 13.1. The Morgan fingerprint density at radius 2 is 1.97 bits per heavy atom. The minimum absolute atomic E-state index is 0.0511. The van der Waals surface area contributed by atoms with Crippen molar-refractivity contribution in [1.82, 2.24) is 9.66 Å². The minimum Gasteiger partial charge on any atom is -0.478 e. The number of halogens is 2. The van der Waals surface area contributed by atoms with E-state index >= 15 is 0 Å². The summed E-state index contributed by atoms with van der Waals surface area (Å²) in [4.78, 5) is 29.5. The van der Waals surface area contributed by atoms with Crippen LogP contribution in [0.15, 0.2) is 55.2 Å². The molecule has 0 amide bonds. The number of aromatic nitrogens is 2. The van der Waals surface area contributed by atoms with Gasteiger partial charge in [-0.2, -0.15) is 9.78 Å². The Hall–Kier alpha value is -2.52. The van der Waals surface area contributed by atoms with Gasteiger partial charge in [0, 0.05) is 10.4 Å². The molecule has 0 aliphatic rings. The molecule has 32 heavy (non-hydrogen) atoms. The summed E-state index contributed by atoms with van der Waals surface area (Å²) in [6.45, 7) is 5.67. The first-order chi connectivity index (χ1) is 15.2. The van der Waals surface area contributed by atoms with Gasteiger partial charge in [0.25, 0.3) is 5.56 Å². The molecular formula is C23H23Br2N3O4. The molecule has 0 fully saturated rings. The fraction of sp³-hybridized carbons (Fsp3) is 0.304. The number of methoxy groups -OCH3 is 1. The van der Waals surface area contributed by atoms with Crippen molar-refractivity contribution in [1.29, 1.82) is 0 Å². The maximum absolute atomic E-state index is 13.2. The lowest BCUT2D eigenvalue weighted by Crippen LogP contribution is -2.25. The van der Waals surface area contributed by atoms with Gasteiger partial charge in [-0.05, 0) is 71.2 Å². The van der Waals surface area contributed by atoms with Gasteiger partial charge in [-0.1, -0.05) is 29.8 Å². The third kappa shape index (κ3) is 5.27. The molecule has 3 aromatic rings. The number of carbonyl (C=O) groups excluding carboxylic acids is 1. The average Bonchev–Trinajstić information content (AvgIpc) is 2.79. The van der Waals surface area contributed by atoms with E-state index in [0.717, 1.165) is 16.5 Å². The highest BCUT2D eigenvalue weighted by molar-refractivity contribution is 9.10. The summed E-state index contributed by atoms with van der Waals surface area (Å²) in [6, 6.07) is 10.7. The first kappa shape index (κ1) is 24.1. The zero-order valence-corrected chi connectivity index (χ0v) is 21.3. The van der Waals surface area contributed by atoms with Crippen LogP contribution in [0.4, 0.5) is 0 Å². The molecule has 0 saturated carbocycles. The zero-order chi connectivity index (χ0) is 23.4. The number of carbonyl (C=O) groups is 1. The summed E-state index contributed by atoms with van der Waals surface area (Å²) in [6.07, 6.45) is 1.67. The van der Waals surface area contributed by atoms with Crippen LogP contribution in [0.2, 0.25) is 0 Å². The number of hydrogen-bond donors (Lipinski definition) is 0. The number of esters is 1. The molecule has 1 aromatic heterocycles. The molecule has 2 aromatic carbocycles. The van der Waals surface area contributed by atoms with E-state index in [2.05, 4.69) is 41.7 Å². The molecule has 0 aliphatic heterocycles. The highest BCUT2D eigenvalue weighted by Crippen LogP contribution is 2.27. The van der Waals surface area contributed by atoms with Gasteiger partial charge >= 0.3 is 5.97 Å².